The van der Waals surface area contributed by atoms with E-state index in [1.165, 1.54) is 10.9 Å². The summed E-state index contributed by atoms with van der Waals surface area (Å²) in [5.41, 5.74) is 3.54. The molecule has 3 N–H and O–H groups in total. The Bertz CT molecular complexity index is 1020. The lowest BCUT2D eigenvalue weighted by Crippen LogP contribution is -2.26. The van der Waals surface area contributed by atoms with Gasteiger partial charge >= 0.3 is 0 Å². The van der Waals surface area contributed by atoms with E-state index in [9.17, 15) is 4.79 Å². The number of rotatable bonds is 7. The number of pyridine rings is 1. The zero-order chi connectivity index (χ0) is 18.5. The minimum atomic E-state index is -0.174. The van der Waals surface area contributed by atoms with E-state index in [4.69, 9.17) is 4.42 Å². The molecule has 0 aliphatic heterocycles. The number of para-hydroxylation sites is 1. The number of aromatic amines is 1. The second-order valence-corrected chi connectivity index (χ2v) is 6.23. The van der Waals surface area contributed by atoms with Crippen molar-refractivity contribution in [2.75, 3.05) is 11.9 Å². The normalized spacial score (nSPS) is 10.8. The quantitative estimate of drug-likeness (QED) is 0.469. The number of furan rings is 1. The van der Waals surface area contributed by atoms with Crippen LogP contribution in [-0.2, 0) is 13.0 Å². The zero-order valence-corrected chi connectivity index (χ0v) is 14.7. The fourth-order valence-electron chi connectivity index (χ4n) is 2.97. The highest BCUT2D eigenvalue weighted by Crippen LogP contribution is 2.17. The Morgan fingerprint density at radius 2 is 2.04 bits per heavy atom. The fraction of sp³-hybridized carbons (Fsp3) is 0.143. The Labute approximate surface area is 156 Å². The number of nitrogens with one attached hydrogen (secondary N) is 3. The van der Waals surface area contributed by atoms with Gasteiger partial charge in [-0.15, -0.1) is 0 Å². The number of hydrogen-bond donors (Lipinski definition) is 3. The van der Waals surface area contributed by atoms with Gasteiger partial charge in [0.25, 0.3) is 5.91 Å². The molecule has 27 heavy (non-hydrogen) atoms. The van der Waals surface area contributed by atoms with E-state index in [1.54, 1.807) is 18.5 Å². The van der Waals surface area contributed by atoms with Gasteiger partial charge in [-0.25, -0.2) is 4.98 Å². The summed E-state index contributed by atoms with van der Waals surface area (Å²) in [6.07, 6.45) is 6.05. The molecule has 1 amide bonds. The van der Waals surface area contributed by atoms with Crippen molar-refractivity contribution in [2.24, 2.45) is 0 Å². The smallest absolute Gasteiger partial charge is 0.269 e. The van der Waals surface area contributed by atoms with Crippen LogP contribution in [0.5, 0.6) is 0 Å². The number of nitrogens with zero attached hydrogens (tertiary/aromatic N) is 1. The van der Waals surface area contributed by atoms with Gasteiger partial charge < -0.3 is 20.0 Å². The van der Waals surface area contributed by atoms with Gasteiger partial charge in [-0.1, -0.05) is 18.2 Å². The van der Waals surface area contributed by atoms with E-state index >= 15 is 0 Å². The number of carbonyl (C=O) groups excluding carboxylic acids is 1. The fourth-order valence-corrected chi connectivity index (χ4v) is 2.97. The van der Waals surface area contributed by atoms with Crippen LogP contribution in [0.4, 0.5) is 5.69 Å². The van der Waals surface area contributed by atoms with E-state index in [1.807, 2.05) is 42.6 Å². The maximum absolute atomic E-state index is 12.3. The summed E-state index contributed by atoms with van der Waals surface area (Å²) in [6.45, 7) is 1.13. The first-order valence-corrected chi connectivity index (χ1v) is 8.85. The molecule has 0 spiro atoms. The Hall–Kier alpha value is -3.54. The maximum atomic E-state index is 12.3. The monoisotopic (exact) mass is 360 g/mol. The van der Waals surface area contributed by atoms with Crippen molar-refractivity contribution in [3.8, 4) is 0 Å². The maximum Gasteiger partial charge on any atom is 0.269 e. The van der Waals surface area contributed by atoms with Crippen LogP contribution in [0.15, 0.2) is 71.6 Å². The Morgan fingerprint density at radius 3 is 2.85 bits per heavy atom. The Morgan fingerprint density at radius 1 is 1.11 bits per heavy atom. The lowest BCUT2D eigenvalue weighted by molar-refractivity contribution is 0.0949. The molecule has 0 radical (unpaired) electrons. The van der Waals surface area contributed by atoms with Crippen LogP contribution in [-0.4, -0.2) is 22.4 Å². The predicted octanol–water partition coefficient (Wildman–Crippen LogP) is 3.74. The third kappa shape index (κ3) is 4.00. The van der Waals surface area contributed by atoms with Crippen molar-refractivity contribution < 1.29 is 9.21 Å². The molecule has 0 saturated carbocycles. The molecule has 3 heterocycles. The van der Waals surface area contributed by atoms with E-state index in [-0.39, 0.29) is 5.91 Å². The number of anilines is 1. The molecule has 4 aromatic rings. The molecular weight excluding hydrogens is 340 g/mol. The summed E-state index contributed by atoms with van der Waals surface area (Å²) >= 11 is 0. The van der Waals surface area contributed by atoms with Gasteiger partial charge in [-0.3, -0.25) is 4.79 Å². The van der Waals surface area contributed by atoms with Crippen LogP contribution < -0.4 is 10.6 Å². The van der Waals surface area contributed by atoms with E-state index < -0.39 is 0 Å². The number of hydrogen-bond acceptors (Lipinski definition) is 4. The van der Waals surface area contributed by atoms with E-state index in [0.29, 0.717) is 18.8 Å². The van der Waals surface area contributed by atoms with Gasteiger partial charge in [0.2, 0.25) is 0 Å². The molecular formula is C21H20N4O2. The molecule has 0 aliphatic carbocycles. The molecule has 0 saturated heterocycles. The van der Waals surface area contributed by atoms with Crippen LogP contribution in [0.3, 0.4) is 0 Å². The number of H-pyrrole nitrogens is 1. The first kappa shape index (κ1) is 16.9. The van der Waals surface area contributed by atoms with Crippen LogP contribution in [0.1, 0.15) is 21.8 Å². The highest BCUT2D eigenvalue weighted by molar-refractivity contribution is 5.92. The lowest BCUT2D eigenvalue weighted by atomic mass is 10.1. The topological polar surface area (TPSA) is 83.0 Å². The Balaban J connectivity index is 1.29. The zero-order valence-electron chi connectivity index (χ0n) is 14.7. The van der Waals surface area contributed by atoms with Crippen LogP contribution in [0.2, 0.25) is 0 Å². The van der Waals surface area contributed by atoms with E-state index in [2.05, 4.69) is 26.7 Å². The summed E-state index contributed by atoms with van der Waals surface area (Å²) in [5, 5.41) is 7.32. The van der Waals surface area contributed by atoms with Gasteiger partial charge in [0.15, 0.2) is 0 Å². The van der Waals surface area contributed by atoms with Gasteiger partial charge in [0.05, 0.1) is 24.7 Å². The van der Waals surface area contributed by atoms with Crippen molar-refractivity contribution in [1.82, 2.24) is 15.3 Å². The highest BCUT2D eigenvalue weighted by atomic mass is 16.3. The average molecular weight is 360 g/mol. The van der Waals surface area contributed by atoms with Crippen molar-refractivity contribution in [1.29, 1.82) is 0 Å². The van der Waals surface area contributed by atoms with Crippen LogP contribution >= 0.6 is 0 Å². The summed E-state index contributed by atoms with van der Waals surface area (Å²) in [6, 6.07) is 15.4. The molecule has 0 fully saturated rings. The highest BCUT2D eigenvalue weighted by Gasteiger charge is 2.08. The molecule has 1 aromatic carbocycles. The van der Waals surface area contributed by atoms with Crippen LogP contribution in [0.25, 0.3) is 10.9 Å². The van der Waals surface area contributed by atoms with Gasteiger partial charge in [-0.2, -0.15) is 0 Å². The van der Waals surface area contributed by atoms with Crippen molar-refractivity contribution >= 4 is 22.5 Å². The standard InChI is InChI=1S/C21H20N4O2/c26-21(22-10-9-15-12-24-19-6-2-1-5-18(15)19)20-8-7-16(13-25-20)23-14-17-4-3-11-27-17/h1-8,11-13,23-24H,9-10,14H2,(H,22,26). The van der Waals surface area contributed by atoms with E-state index in [0.717, 1.165) is 23.4 Å². The largest absolute Gasteiger partial charge is 0.467 e. The summed E-state index contributed by atoms with van der Waals surface area (Å²) < 4.78 is 5.27. The number of amides is 1. The van der Waals surface area contributed by atoms with Gasteiger partial charge in [0, 0.05) is 23.6 Å². The molecule has 0 unspecified atom stereocenters. The molecule has 0 bridgehead atoms. The third-order valence-electron chi connectivity index (χ3n) is 4.40. The second-order valence-electron chi connectivity index (χ2n) is 6.23. The molecule has 0 atom stereocenters. The van der Waals surface area contributed by atoms with Crippen molar-refractivity contribution in [3.63, 3.8) is 0 Å². The van der Waals surface area contributed by atoms with Gasteiger partial charge in [0.1, 0.15) is 11.5 Å². The molecule has 0 aliphatic rings. The predicted molar refractivity (Wildman–Crippen MR) is 105 cm³/mol. The molecule has 6 heteroatoms. The molecule has 6 nitrogen and oxygen atoms in total. The summed E-state index contributed by atoms with van der Waals surface area (Å²) in [7, 11) is 0. The average Bonchev–Trinajstić information content (AvgIpc) is 3.37. The minimum Gasteiger partial charge on any atom is -0.467 e. The number of fused-ring (bicyclic) bond motifs is 1. The first-order chi connectivity index (χ1) is 13.3. The number of aromatic nitrogens is 2. The number of carbonyl (C=O) groups is 1. The third-order valence-corrected chi connectivity index (χ3v) is 4.40. The van der Waals surface area contributed by atoms with Gasteiger partial charge in [-0.05, 0) is 42.3 Å². The van der Waals surface area contributed by atoms with Crippen molar-refractivity contribution in [2.45, 2.75) is 13.0 Å². The molecule has 136 valence electrons. The number of benzene rings is 1. The second kappa shape index (κ2) is 7.78. The van der Waals surface area contributed by atoms with Crippen molar-refractivity contribution in [3.05, 3.63) is 84.2 Å². The SMILES string of the molecule is O=C(NCCc1c[nH]c2ccccc12)c1ccc(NCc2ccco2)cn1. The Kier molecular flexibility index (Phi) is 4.87. The first-order valence-electron chi connectivity index (χ1n) is 8.85. The minimum absolute atomic E-state index is 0.174. The molecule has 4 rings (SSSR count). The lowest BCUT2D eigenvalue weighted by Gasteiger charge is -2.07. The molecule has 3 aromatic heterocycles. The van der Waals surface area contributed by atoms with Crippen LogP contribution in [0, 0.1) is 0 Å². The summed E-state index contributed by atoms with van der Waals surface area (Å²) in [5.74, 6) is 0.668. The summed E-state index contributed by atoms with van der Waals surface area (Å²) in [4.78, 5) is 19.8.